The molecule has 1 aliphatic rings. The molecule has 1 heterocycles. The van der Waals surface area contributed by atoms with Crippen LogP contribution in [-0.2, 0) is 9.84 Å². The molecule has 96 valence electrons. The van der Waals surface area contributed by atoms with Crippen molar-refractivity contribution < 1.29 is 8.42 Å². The lowest BCUT2D eigenvalue weighted by Gasteiger charge is -2.48. The fraction of sp³-hybridized carbons (Fsp3) is 1.00. The zero-order valence-corrected chi connectivity index (χ0v) is 11.4. The molecule has 0 saturated carbocycles. The molecule has 16 heavy (non-hydrogen) atoms. The van der Waals surface area contributed by atoms with E-state index in [0.717, 1.165) is 25.9 Å². The van der Waals surface area contributed by atoms with Crippen molar-refractivity contribution in [2.75, 3.05) is 25.4 Å². The van der Waals surface area contributed by atoms with E-state index < -0.39 is 9.84 Å². The Balaban J connectivity index is 2.29. The van der Waals surface area contributed by atoms with Crippen molar-refractivity contribution in [1.29, 1.82) is 0 Å². The molecule has 1 aliphatic heterocycles. The molecule has 0 aliphatic carbocycles. The molecule has 4 nitrogen and oxygen atoms in total. The second kappa shape index (κ2) is 5.02. The average Bonchev–Trinajstić information content (AvgIpc) is 2.11. The summed E-state index contributed by atoms with van der Waals surface area (Å²) in [7, 11) is -2.90. The average molecular weight is 248 g/mol. The third-order valence-corrected chi connectivity index (χ3v) is 5.42. The van der Waals surface area contributed by atoms with Crippen molar-refractivity contribution in [1.82, 2.24) is 4.90 Å². The van der Waals surface area contributed by atoms with Crippen LogP contribution in [0.5, 0.6) is 0 Å². The molecule has 0 atom stereocenters. The number of nitrogens with zero attached hydrogens (tertiary/aromatic N) is 1. The summed E-state index contributed by atoms with van der Waals surface area (Å²) in [4.78, 5) is 2.13. The van der Waals surface area contributed by atoms with E-state index in [1.54, 1.807) is 13.8 Å². The van der Waals surface area contributed by atoms with E-state index in [4.69, 9.17) is 5.73 Å². The minimum Gasteiger partial charge on any atom is -0.323 e. The minimum absolute atomic E-state index is 0.0592. The Morgan fingerprint density at radius 3 is 2.38 bits per heavy atom. The highest BCUT2D eigenvalue weighted by atomic mass is 32.2. The van der Waals surface area contributed by atoms with Crippen molar-refractivity contribution in [3.8, 4) is 0 Å². The van der Waals surface area contributed by atoms with E-state index in [0.29, 0.717) is 6.54 Å². The predicted octanol–water partition coefficient (Wildman–Crippen LogP) is 0.623. The van der Waals surface area contributed by atoms with Crippen LogP contribution >= 0.6 is 0 Å². The van der Waals surface area contributed by atoms with Gasteiger partial charge in [-0.25, -0.2) is 8.42 Å². The summed E-state index contributed by atoms with van der Waals surface area (Å²) in [6, 6.07) is 0. The monoisotopic (exact) mass is 248 g/mol. The zero-order chi connectivity index (χ0) is 12.4. The molecule has 5 heteroatoms. The van der Waals surface area contributed by atoms with Crippen LogP contribution in [0.3, 0.4) is 0 Å². The molecule has 1 saturated heterocycles. The first-order valence-corrected chi connectivity index (χ1v) is 7.73. The van der Waals surface area contributed by atoms with Gasteiger partial charge in [0.1, 0.15) is 0 Å². The van der Waals surface area contributed by atoms with Crippen molar-refractivity contribution in [3.63, 3.8) is 0 Å². The summed E-state index contributed by atoms with van der Waals surface area (Å²) in [5.74, 6) is 0.257. The molecule has 0 amide bonds. The fourth-order valence-corrected chi connectivity index (χ4v) is 3.13. The molecule has 0 aromatic carbocycles. The van der Waals surface area contributed by atoms with Crippen molar-refractivity contribution >= 4 is 9.84 Å². The summed E-state index contributed by atoms with van der Waals surface area (Å²) < 4.78 is 23.2. The quantitative estimate of drug-likeness (QED) is 0.748. The van der Waals surface area contributed by atoms with Crippen molar-refractivity contribution in [2.45, 2.75) is 44.4 Å². The van der Waals surface area contributed by atoms with Crippen LogP contribution in [0.25, 0.3) is 0 Å². The van der Waals surface area contributed by atoms with Gasteiger partial charge in [-0.2, -0.15) is 0 Å². The summed E-state index contributed by atoms with van der Waals surface area (Å²) in [5.41, 5.74) is 6.05. The van der Waals surface area contributed by atoms with Gasteiger partial charge in [0.25, 0.3) is 0 Å². The minimum atomic E-state index is -2.90. The van der Waals surface area contributed by atoms with E-state index in [-0.39, 0.29) is 16.5 Å². The maximum Gasteiger partial charge on any atom is 0.153 e. The lowest BCUT2D eigenvalue weighted by Crippen LogP contribution is -2.67. The van der Waals surface area contributed by atoms with E-state index in [2.05, 4.69) is 11.8 Å². The molecule has 1 rings (SSSR count). The number of rotatable bonds is 6. The molecule has 1 fully saturated rings. The third-order valence-electron chi connectivity index (χ3n) is 3.24. The standard InChI is InChI=1S/C11H24N2O2S/c1-4-5-11(12)8-13(9-11)6-7-16(14,15)10(2)3/h10H,4-9,12H2,1-3H3. The lowest BCUT2D eigenvalue weighted by molar-refractivity contribution is 0.0702. The molecule has 0 radical (unpaired) electrons. The van der Waals surface area contributed by atoms with Crippen LogP contribution in [0.15, 0.2) is 0 Å². The molecule has 0 spiro atoms. The summed E-state index contributed by atoms with van der Waals surface area (Å²) in [6.45, 7) is 7.90. The van der Waals surface area contributed by atoms with Gasteiger partial charge in [-0.1, -0.05) is 13.3 Å². The number of likely N-dealkylation sites (tertiary alicyclic amines) is 1. The molecule has 0 aromatic rings. The van der Waals surface area contributed by atoms with Crippen LogP contribution in [0.2, 0.25) is 0 Å². The zero-order valence-electron chi connectivity index (χ0n) is 10.6. The Bertz CT molecular complexity index is 319. The van der Waals surface area contributed by atoms with Gasteiger partial charge in [-0.15, -0.1) is 0 Å². The highest BCUT2D eigenvalue weighted by Crippen LogP contribution is 2.22. The molecule has 0 unspecified atom stereocenters. The first-order chi connectivity index (χ1) is 7.29. The van der Waals surface area contributed by atoms with Crippen LogP contribution in [0, 0.1) is 0 Å². The Hall–Kier alpha value is -0.130. The Morgan fingerprint density at radius 1 is 1.38 bits per heavy atom. The fourth-order valence-electron chi connectivity index (χ4n) is 2.15. The maximum atomic E-state index is 11.6. The van der Waals surface area contributed by atoms with E-state index >= 15 is 0 Å². The first-order valence-electron chi connectivity index (χ1n) is 6.02. The van der Waals surface area contributed by atoms with Gasteiger partial charge >= 0.3 is 0 Å². The number of hydrogen-bond acceptors (Lipinski definition) is 4. The lowest BCUT2D eigenvalue weighted by atomic mass is 9.86. The smallest absolute Gasteiger partial charge is 0.153 e. The van der Waals surface area contributed by atoms with Gasteiger partial charge in [0, 0.05) is 25.2 Å². The van der Waals surface area contributed by atoms with Gasteiger partial charge in [0.05, 0.1) is 11.0 Å². The topological polar surface area (TPSA) is 63.4 Å². The number of hydrogen-bond donors (Lipinski definition) is 1. The second-order valence-electron chi connectivity index (χ2n) is 5.24. The molecular weight excluding hydrogens is 224 g/mol. The van der Waals surface area contributed by atoms with Crippen molar-refractivity contribution in [2.24, 2.45) is 5.73 Å². The molecule has 2 N–H and O–H groups in total. The van der Waals surface area contributed by atoms with Gasteiger partial charge in [-0.3, -0.25) is 4.90 Å². The highest BCUT2D eigenvalue weighted by molar-refractivity contribution is 7.92. The predicted molar refractivity (Wildman–Crippen MR) is 67.2 cm³/mol. The van der Waals surface area contributed by atoms with Gasteiger partial charge in [0.2, 0.25) is 0 Å². The second-order valence-corrected chi connectivity index (χ2v) is 7.92. The third kappa shape index (κ3) is 3.43. The van der Waals surface area contributed by atoms with Gasteiger partial charge in [0.15, 0.2) is 9.84 Å². The Labute approximate surface area is 99.1 Å². The summed E-state index contributed by atoms with van der Waals surface area (Å²) in [6.07, 6.45) is 2.12. The first kappa shape index (κ1) is 13.9. The number of sulfone groups is 1. The van der Waals surface area contributed by atoms with E-state index in [1.165, 1.54) is 0 Å². The highest BCUT2D eigenvalue weighted by Gasteiger charge is 2.38. The van der Waals surface area contributed by atoms with Crippen molar-refractivity contribution in [3.05, 3.63) is 0 Å². The molecular formula is C11H24N2O2S. The largest absolute Gasteiger partial charge is 0.323 e. The van der Waals surface area contributed by atoms with Crippen LogP contribution in [0.4, 0.5) is 0 Å². The SMILES string of the molecule is CCCC1(N)CN(CCS(=O)(=O)C(C)C)C1. The van der Waals surface area contributed by atoms with E-state index in [1.807, 2.05) is 0 Å². The van der Waals surface area contributed by atoms with E-state index in [9.17, 15) is 8.42 Å². The Morgan fingerprint density at radius 2 is 1.94 bits per heavy atom. The van der Waals surface area contributed by atoms with Crippen LogP contribution in [0.1, 0.15) is 33.6 Å². The molecule has 0 aromatic heterocycles. The Kier molecular flexibility index (Phi) is 4.37. The van der Waals surface area contributed by atoms with Crippen LogP contribution in [-0.4, -0.2) is 49.5 Å². The van der Waals surface area contributed by atoms with Crippen LogP contribution < -0.4 is 5.73 Å². The van der Waals surface area contributed by atoms with Gasteiger partial charge in [-0.05, 0) is 20.3 Å². The number of nitrogens with two attached hydrogens (primary N) is 1. The normalized spacial score (nSPS) is 21.1. The van der Waals surface area contributed by atoms with Gasteiger partial charge < -0.3 is 5.73 Å². The molecule has 0 bridgehead atoms. The maximum absolute atomic E-state index is 11.6. The summed E-state index contributed by atoms with van der Waals surface area (Å²) in [5, 5.41) is -0.271. The summed E-state index contributed by atoms with van der Waals surface area (Å²) >= 11 is 0.